The number of likely N-dealkylation sites (N-methyl/N-ethyl adjacent to an activating group) is 1. The average Bonchev–Trinajstić information content (AvgIpc) is 2.74. The van der Waals surface area contributed by atoms with Crippen LogP contribution in [0.3, 0.4) is 0 Å². The Balaban J connectivity index is 1.77. The Kier molecular flexibility index (Phi) is 6.76. The third-order valence-electron chi connectivity index (χ3n) is 4.20. The highest BCUT2D eigenvalue weighted by Crippen LogP contribution is 2.29. The number of esters is 1. The average molecular weight is 392 g/mol. The first-order chi connectivity index (χ1) is 14.1. The van der Waals surface area contributed by atoms with Gasteiger partial charge in [0.1, 0.15) is 24.5 Å². The van der Waals surface area contributed by atoms with Gasteiger partial charge in [-0.05, 0) is 50.5 Å². The third kappa shape index (κ3) is 5.52. The highest BCUT2D eigenvalue weighted by atomic mass is 16.5. The fraction of sp³-hybridized carbons (Fsp3) is 0.227. The first-order valence-electron chi connectivity index (χ1n) is 9.21. The second-order valence-corrected chi connectivity index (χ2v) is 6.63. The molecule has 7 nitrogen and oxygen atoms in total. The number of aromatic nitrogens is 2. The molecule has 1 aromatic heterocycles. The number of methoxy groups -OCH3 is 1. The number of para-hydroxylation sites is 1. The molecule has 150 valence electrons. The molecule has 0 aliphatic heterocycles. The van der Waals surface area contributed by atoms with E-state index in [1.165, 1.54) is 13.4 Å². The summed E-state index contributed by atoms with van der Waals surface area (Å²) >= 11 is 0. The molecule has 0 aliphatic rings. The largest absolute Gasteiger partial charge is 0.492 e. The minimum Gasteiger partial charge on any atom is -0.492 e. The molecule has 0 bridgehead atoms. The van der Waals surface area contributed by atoms with Crippen LogP contribution in [-0.2, 0) is 4.74 Å². The van der Waals surface area contributed by atoms with Gasteiger partial charge in [0.25, 0.3) is 0 Å². The first kappa shape index (κ1) is 20.3. The molecule has 0 amide bonds. The van der Waals surface area contributed by atoms with Crippen LogP contribution in [-0.4, -0.2) is 55.2 Å². The van der Waals surface area contributed by atoms with E-state index in [1.54, 1.807) is 24.3 Å². The second kappa shape index (κ2) is 9.66. The van der Waals surface area contributed by atoms with Gasteiger partial charge >= 0.3 is 5.97 Å². The van der Waals surface area contributed by atoms with Gasteiger partial charge in [-0.15, -0.1) is 0 Å². The van der Waals surface area contributed by atoms with Gasteiger partial charge in [0.15, 0.2) is 0 Å². The molecule has 0 aliphatic carbocycles. The van der Waals surface area contributed by atoms with Crippen molar-refractivity contribution in [3.63, 3.8) is 0 Å². The fourth-order valence-electron chi connectivity index (χ4n) is 2.67. The van der Waals surface area contributed by atoms with Gasteiger partial charge in [-0.2, -0.15) is 0 Å². The Labute approximate surface area is 170 Å². The summed E-state index contributed by atoms with van der Waals surface area (Å²) in [4.78, 5) is 22.3. The van der Waals surface area contributed by atoms with Crippen LogP contribution in [0.4, 0.5) is 11.5 Å². The molecule has 29 heavy (non-hydrogen) atoms. The third-order valence-corrected chi connectivity index (χ3v) is 4.20. The molecule has 0 unspecified atom stereocenters. The molecular weight excluding hydrogens is 368 g/mol. The predicted octanol–water partition coefficient (Wildman–Crippen LogP) is 3.61. The van der Waals surface area contributed by atoms with E-state index < -0.39 is 0 Å². The SMILES string of the molecule is COC(=O)c1ccc(Nc2cc(-c3ccccc3OCCN(C)C)ncn2)cc1. The molecular formula is C22H24N4O3. The summed E-state index contributed by atoms with van der Waals surface area (Å²) in [7, 11) is 5.38. The van der Waals surface area contributed by atoms with E-state index in [2.05, 4.69) is 20.2 Å². The van der Waals surface area contributed by atoms with Crippen molar-refractivity contribution < 1.29 is 14.3 Å². The molecule has 3 aromatic rings. The Morgan fingerprint density at radius 3 is 2.55 bits per heavy atom. The van der Waals surface area contributed by atoms with Crippen LogP contribution in [0.1, 0.15) is 10.4 Å². The van der Waals surface area contributed by atoms with E-state index in [9.17, 15) is 4.79 Å². The number of nitrogens with zero attached hydrogens (tertiary/aromatic N) is 3. The van der Waals surface area contributed by atoms with Crippen molar-refractivity contribution in [1.82, 2.24) is 14.9 Å². The number of carbonyl (C=O) groups is 1. The minimum absolute atomic E-state index is 0.369. The summed E-state index contributed by atoms with van der Waals surface area (Å²) < 4.78 is 10.7. The maximum absolute atomic E-state index is 11.6. The molecule has 2 aromatic carbocycles. The van der Waals surface area contributed by atoms with Crippen LogP contribution in [0, 0.1) is 0 Å². The van der Waals surface area contributed by atoms with Gasteiger partial charge < -0.3 is 19.7 Å². The number of ether oxygens (including phenoxy) is 2. The Morgan fingerprint density at radius 2 is 1.83 bits per heavy atom. The van der Waals surface area contributed by atoms with Crippen molar-refractivity contribution in [3.05, 3.63) is 66.5 Å². The molecule has 0 saturated heterocycles. The molecule has 3 rings (SSSR count). The number of carbonyl (C=O) groups excluding carboxylic acids is 1. The molecule has 0 spiro atoms. The van der Waals surface area contributed by atoms with E-state index >= 15 is 0 Å². The van der Waals surface area contributed by atoms with E-state index in [0.717, 1.165) is 29.2 Å². The highest BCUT2D eigenvalue weighted by Gasteiger charge is 2.10. The van der Waals surface area contributed by atoms with Crippen molar-refractivity contribution in [2.75, 3.05) is 39.7 Å². The summed E-state index contributed by atoms with van der Waals surface area (Å²) in [6.45, 7) is 1.42. The van der Waals surface area contributed by atoms with E-state index in [4.69, 9.17) is 9.47 Å². The van der Waals surface area contributed by atoms with Crippen LogP contribution in [0.15, 0.2) is 60.9 Å². The lowest BCUT2D eigenvalue weighted by Crippen LogP contribution is -2.19. The monoisotopic (exact) mass is 392 g/mol. The maximum Gasteiger partial charge on any atom is 0.337 e. The minimum atomic E-state index is -0.369. The van der Waals surface area contributed by atoms with Crippen molar-refractivity contribution in [2.24, 2.45) is 0 Å². The quantitative estimate of drug-likeness (QED) is 0.587. The van der Waals surface area contributed by atoms with Gasteiger partial charge in [0.2, 0.25) is 0 Å². The lowest BCUT2D eigenvalue weighted by molar-refractivity contribution is 0.0601. The Morgan fingerprint density at radius 1 is 1.07 bits per heavy atom. The van der Waals surface area contributed by atoms with Crippen LogP contribution in [0.2, 0.25) is 0 Å². The first-order valence-corrected chi connectivity index (χ1v) is 9.21. The van der Waals surface area contributed by atoms with Crippen molar-refractivity contribution in [1.29, 1.82) is 0 Å². The van der Waals surface area contributed by atoms with Crippen LogP contribution in [0.25, 0.3) is 11.3 Å². The predicted molar refractivity (Wildman–Crippen MR) is 113 cm³/mol. The van der Waals surface area contributed by atoms with Crippen molar-refractivity contribution in [3.8, 4) is 17.0 Å². The molecule has 1 N–H and O–H groups in total. The van der Waals surface area contributed by atoms with Gasteiger partial charge in [0.05, 0.1) is 18.4 Å². The molecule has 0 saturated carbocycles. The molecule has 7 heteroatoms. The summed E-state index contributed by atoms with van der Waals surface area (Å²) in [6.07, 6.45) is 1.51. The van der Waals surface area contributed by atoms with Crippen molar-refractivity contribution in [2.45, 2.75) is 0 Å². The number of rotatable bonds is 8. The smallest absolute Gasteiger partial charge is 0.337 e. The number of benzene rings is 2. The highest BCUT2D eigenvalue weighted by molar-refractivity contribution is 5.89. The topological polar surface area (TPSA) is 76.6 Å². The van der Waals surface area contributed by atoms with Gasteiger partial charge in [0, 0.05) is 23.9 Å². The standard InChI is InChI=1S/C22H24N4O3/c1-26(2)12-13-29-20-7-5-4-6-18(20)19-14-21(24-15-23-19)25-17-10-8-16(9-11-17)22(27)28-3/h4-11,14-15H,12-13H2,1-3H3,(H,23,24,25). The number of hydrogen-bond acceptors (Lipinski definition) is 7. The van der Waals surface area contributed by atoms with Gasteiger partial charge in [-0.25, -0.2) is 14.8 Å². The summed E-state index contributed by atoms with van der Waals surface area (Å²) in [5.74, 6) is 1.05. The zero-order valence-corrected chi connectivity index (χ0v) is 16.8. The van der Waals surface area contributed by atoms with Crippen LogP contribution in [0.5, 0.6) is 5.75 Å². The van der Waals surface area contributed by atoms with Crippen molar-refractivity contribution >= 4 is 17.5 Å². The number of anilines is 2. The molecule has 1 heterocycles. The summed E-state index contributed by atoms with van der Waals surface area (Å²) in [6, 6.07) is 16.7. The fourth-order valence-corrected chi connectivity index (χ4v) is 2.67. The maximum atomic E-state index is 11.6. The normalized spacial score (nSPS) is 10.6. The summed E-state index contributed by atoms with van der Waals surface area (Å²) in [5.41, 5.74) is 2.95. The molecule has 0 atom stereocenters. The van der Waals surface area contributed by atoms with Crippen LogP contribution >= 0.6 is 0 Å². The lowest BCUT2D eigenvalue weighted by Gasteiger charge is -2.14. The second-order valence-electron chi connectivity index (χ2n) is 6.63. The van der Waals surface area contributed by atoms with E-state index in [1.807, 2.05) is 44.4 Å². The number of hydrogen-bond donors (Lipinski definition) is 1. The summed E-state index contributed by atoms with van der Waals surface area (Å²) in [5, 5.41) is 3.23. The van der Waals surface area contributed by atoms with Crippen LogP contribution < -0.4 is 10.1 Å². The Bertz CT molecular complexity index is 958. The lowest BCUT2D eigenvalue weighted by atomic mass is 10.1. The van der Waals surface area contributed by atoms with E-state index in [0.29, 0.717) is 18.0 Å². The zero-order valence-electron chi connectivity index (χ0n) is 16.8. The van der Waals surface area contributed by atoms with E-state index in [-0.39, 0.29) is 5.97 Å². The zero-order chi connectivity index (χ0) is 20.6. The molecule has 0 radical (unpaired) electrons. The van der Waals surface area contributed by atoms with Gasteiger partial charge in [-0.3, -0.25) is 0 Å². The Hall–Kier alpha value is -3.45. The van der Waals surface area contributed by atoms with Gasteiger partial charge in [-0.1, -0.05) is 12.1 Å². The number of nitrogens with one attached hydrogen (secondary N) is 1. The molecule has 0 fully saturated rings.